The molecule has 24 heavy (non-hydrogen) atoms. The lowest BCUT2D eigenvalue weighted by Crippen LogP contribution is -2.19. The summed E-state index contributed by atoms with van der Waals surface area (Å²) in [5.74, 6) is 1.08. The van der Waals surface area contributed by atoms with Gasteiger partial charge in [0.25, 0.3) is 0 Å². The van der Waals surface area contributed by atoms with E-state index in [1.807, 2.05) is 49.4 Å². The first-order valence-corrected chi connectivity index (χ1v) is 7.62. The van der Waals surface area contributed by atoms with E-state index in [4.69, 9.17) is 10.5 Å². The summed E-state index contributed by atoms with van der Waals surface area (Å²) in [6.07, 6.45) is 1.61. The highest BCUT2D eigenvalue weighted by Crippen LogP contribution is 2.26. The second-order valence-electron chi connectivity index (χ2n) is 5.13. The third-order valence-corrected chi connectivity index (χ3v) is 3.45. The van der Waals surface area contributed by atoms with Gasteiger partial charge in [0.05, 0.1) is 6.61 Å². The largest absolute Gasteiger partial charge is 0.494 e. The third-order valence-electron chi connectivity index (χ3n) is 3.45. The molecule has 1 amide bonds. The van der Waals surface area contributed by atoms with Crippen LogP contribution >= 0.6 is 0 Å². The Balaban J connectivity index is 1.80. The zero-order valence-corrected chi connectivity index (χ0v) is 13.3. The maximum absolute atomic E-state index is 12.3. The van der Waals surface area contributed by atoms with E-state index in [0.29, 0.717) is 23.7 Å². The van der Waals surface area contributed by atoms with Gasteiger partial charge >= 0.3 is 6.03 Å². The number of para-hydroxylation sites is 1. The fourth-order valence-electron chi connectivity index (χ4n) is 2.31. The number of hydrogen-bond acceptors (Lipinski definition) is 4. The third kappa shape index (κ3) is 3.38. The van der Waals surface area contributed by atoms with Crippen molar-refractivity contribution in [3.63, 3.8) is 0 Å². The molecule has 0 fully saturated rings. The molecule has 6 heteroatoms. The lowest BCUT2D eigenvalue weighted by Gasteiger charge is -2.04. The molecule has 0 atom stereocenters. The Kier molecular flexibility index (Phi) is 4.47. The number of nitrogens with zero attached hydrogens (tertiary/aromatic N) is 2. The molecular weight excluding hydrogens is 304 g/mol. The normalized spacial score (nSPS) is 10.4. The molecule has 0 aliphatic heterocycles. The summed E-state index contributed by atoms with van der Waals surface area (Å²) < 4.78 is 6.62. The first-order chi connectivity index (χ1) is 11.7. The van der Waals surface area contributed by atoms with Gasteiger partial charge in [-0.3, -0.25) is 0 Å². The van der Waals surface area contributed by atoms with Crippen molar-refractivity contribution in [2.75, 3.05) is 17.7 Å². The summed E-state index contributed by atoms with van der Waals surface area (Å²) in [6.45, 7) is 2.54. The first kappa shape index (κ1) is 15.6. The van der Waals surface area contributed by atoms with Crippen LogP contribution in [-0.4, -0.2) is 22.4 Å². The molecule has 6 nitrogen and oxygen atoms in total. The number of anilines is 2. The molecule has 0 radical (unpaired) electrons. The Bertz CT molecular complexity index is 826. The van der Waals surface area contributed by atoms with Crippen molar-refractivity contribution in [1.29, 1.82) is 0 Å². The Morgan fingerprint density at radius 2 is 1.88 bits per heavy atom. The van der Waals surface area contributed by atoms with Crippen LogP contribution in [0.15, 0.2) is 60.8 Å². The Hall–Kier alpha value is -3.28. The highest BCUT2D eigenvalue weighted by Gasteiger charge is 2.13. The van der Waals surface area contributed by atoms with Gasteiger partial charge in [0.15, 0.2) is 5.82 Å². The number of hydrogen-bond donors (Lipinski definition) is 2. The van der Waals surface area contributed by atoms with Crippen LogP contribution in [0.1, 0.15) is 6.92 Å². The van der Waals surface area contributed by atoms with Crippen molar-refractivity contribution in [2.24, 2.45) is 0 Å². The minimum atomic E-state index is -0.370. The number of nitrogen functional groups attached to an aromatic ring is 1. The number of aromatic nitrogens is 2. The average molecular weight is 322 g/mol. The van der Waals surface area contributed by atoms with Crippen LogP contribution in [0.25, 0.3) is 11.1 Å². The molecule has 3 rings (SSSR count). The molecule has 3 aromatic rings. The van der Waals surface area contributed by atoms with Crippen LogP contribution < -0.4 is 15.8 Å². The van der Waals surface area contributed by atoms with E-state index >= 15 is 0 Å². The molecule has 1 heterocycles. The molecule has 3 N–H and O–H groups in total. The smallest absolute Gasteiger partial charge is 0.346 e. The number of nitrogens with two attached hydrogens (primary N) is 1. The number of nitrogens with one attached hydrogen (secondary N) is 1. The van der Waals surface area contributed by atoms with Gasteiger partial charge in [-0.2, -0.15) is 4.68 Å². The zero-order chi connectivity index (χ0) is 16.9. The maximum Gasteiger partial charge on any atom is 0.346 e. The predicted molar refractivity (Wildman–Crippen MR) is 94.1 cm³/mol. The first-order valence-electron chi connectivity index (χ1n) is 7.62. The van der Waals surface area contributed by atoms with Crippen LogP contribution in [0.4, 0.5) is 16.3 Å². The monoisotopic (exact) mass is 322 g/mol. The molecule has 0 spiro atoms. The lowest BCUT2D eigenvalue weighted by atomic mass is 10.1. The van der Waals surface area contributed by atoms with E-state index in [9.17, 15) is 4.79 Å². The summed E-state index contributed by atoms with van der Waals surface area (Å²) in [6, 6.07) is 16.3. The second kappa shape index (κ2) is 6.87. The van der Waals surface area contributed by atoms with Crippen molar-refractivity contribution in [2.45, 2.75) is 6.92 Å². The van der Waals surface area contributed by atoms with Crippen LogP contribution in [0, 0.1) is 0 Å². The molecule has 0 bridgehead atoms. The Labute approximate surface area is 139 Å². The van der Waals surface area contributed by atoms with Crippen molar-refractivity contribution >= 4 is 17.5 Å². The molecule has 2 aromatic carbocycles. The molecule has 0 saturated heterocycles. The van der Waals surface area contributed by atoms with Gasteiger partial charge in [-0.05, 0) is 36.8 Å². The van der Waals surface area contributed by atoms with E-state index in [0.717, 1.165) is 11.3 Å². The number of amides is 1. The quantitative estimate of drug-likeness (QED) is 0.768. The number of ether oxygens (including phenoxy) is 1. The molecule has 0 aliphatic carbocycles. The zero-order valence-electron chi connectivity index (χ0n) is 13.3. The number of carbonyl (C=O) groups is 1. The molecular formula is C18H18N4O2. The number of rotatable bonds is 4. The van der Waals surface area contributed by atoms with Crippen molar-refractivity contribution in [3.8, 4) is 16.9 Å². The van der Waals surface area contributed by atoms with Gasteiger partial charge in [0.1, 0.15) is 5.75 Å². The fraction of sp³-hybridized carbons (Fsp3) is 0.111. The van der Waals surface area contributed by atoms with Crippen molar-refractivity contribution in [1.82, 2.24) is 9.78 Å². The minimum absolute atomic E-state index is 0.294. The van der Waals surface area contributed by atoms with E-state index in [-0.39, 0.29) is 6.03 Å². The molecule has 0 aliphatic rings. The van der Waals surface area contributed by atoms with E-state index in [1.165, 1.54) is 4.68 Å². The molecule has 122 valence electrons. The highest BCUT2D eigenvalue weighted by atomic mass is 16.5. The second-order valence-corrected chi connectivity index (χ2v) is 5.13. The average Bonchev–Trinajstić information content (AvgIpc) is 2.99. The van der Waals surface area contributed by atoms with Gasteiger partial charge in [0, 0.05) is 17.4 Å². The Morgan fingerprint density at radius 3 is 2.54 bits per heavy atom. The lowest BCUT2D eigenvalue weighted by molar-refractivity contribution is 0.251. The highest BCUT2D eigenvalue weighted by molar-refractivity contribution is 5.91. The summed E-state index contributed by atoms with van der Waals surface area (Å²) in [5.41, 5.74) is 8.22. The van der Waals surface area contributed by atoms with Gasteiger partial charge in [-0.25, -0.2) is 4.79 Å². The van der Waals surface area contributed by atoms with Gasteiger partial charge in [0.2, 0.25) is 0 Å². The molecule has 0 saturated carbocycles. The van der Waals surface area contributed by atoms with Crippen molar-refractivity contribution in [3.05, 3.63) is 60.8 Å². The molecule has 1 aromatic heterocycles. The molecule has 0 unspecified atom stereocenters. The van der Waals surface area contributed by atoms with Gasteiger partial charge in [-0.1, -0.05) is 30.3 Å². The number of carbonyl (C=O) groups excluding carboxylic acids is 1. The van der Waals surface area contributed by atoms with Crippen LogP contribution in [0.3, 0.4) is 0 Å². The standard InChI is InChI=1S/C18H18N4O2/c1-2-24-15-10-8-13(9-11-15)16-12-22(21-17(16)19)18(23)20-14-6-4-3-5-7-14/h3-12H,2H2,1H3,(H2,19,21)(H,20,23). The maximum atomic E-state index is 12.3. The minimum Gasteiger partial charge on any atom is -0.494 e. The van der Waals surface area contributed by atoms with E-state index < -0.39 is 0 Å². The van der Waals surface area contributed by atoms with Crippen LogP contribution in [-0.2, 0) is 0 Å². The summed E-state index contributed by atoms with van der Waals surface area (Å²) in [7, 11) is 0. The fourth-order valence-corrected chi connectivity index (χ4v) is 2.31. The van der Waals surface area contributed by atoms with E-state index in [2.05, 4.69) is 10.4 Å². The number of benzene rings is 2. The topological polar surface area (TPSA) is 82.2 Å². The van der Waals surface area contributed by atoms with Gasteiger partial charge in [-0.15, -0.1) is 5.10 Å². The van der Waals surface area contributed by atoms with Gasteiger partial charge < -0.3 is 15.8 Å². The van der Waals surface area contributed by atoms with Crippen LogP contribution in [0.2, 0.25) is 0 Å². The van der Waals surface area contributed by atoms with Crippen molar-refractivity contribution < 1.29 is 9.53 Å². The summed E-state index contributed by atoms with van der Waals surface area (Å²) >= 11 is 0. The van der Waals surface area contributed by atoms with E-state index in [1.54, 1.807) is 18.3 Å². The summed E-state index contributed by atoms with van der Waals surface area (Å²) in [4.78, 5) is 12.3. The SMILES string of the molecule is CCOc1ccc(-c2cn(C(=O)Nc3ccccc3)nc2N)cc1. The predicted octanol–water partition coefficient (Wildman–Crippen LogP) is 3.61. The Morgan fingerprint density at radius 1 is 1.17 bits per heavy atom. The van der Waals surface area contributed by atoms with Crippen LogP contribution in [0.5, 0.6) is 5.75 Å². The summed E-state index contributed by atoms with van der Waals surface area (Å²) in [5, 5.41) is 6.86.